The Morgan fingerprint density at radius 3 is 2.77 bits per heavy atom. The van der Waals surface area contributed by atoms with Crippen LogP contribution in [0.2, 0.25) is 10.0 Å². The molecule has 2 aliphatic rings. The minimum atomic E-state index is 0.196. The topological polar surface area (TPSA) is 49.6 Å². The minimum absolute atomic E-state index is 0.196. The second-order valence-corrected chi connectivity index (χ2v) is 9.92. The predicted molar refractivity (Wildman–Crippen MR) is 124 cm³/mol. The van der Waals surface area contributed by atoms with Crippen LogP contribution in [0.5, 0.6) is 0 Å². The molecule has 0 aliphatic carbocycles. The molecule has 1 amide bonds. The molecular formula is C24H31Cl2N3O2. The Balaban J connectivity index is 1.27. The summed E-state index contributed by atoms with van der Waals surface area (Å²) in [5.41, 5.74) is 0.752. The largest absolute Gasteiger partial charge is 0.441 e. The first-order valence-electron chi connectivity index (χ1n) is 11.4. The average Bonchev–Trinajstić information content (AvgIpc) is 3.22. The molecule has 4 rings (SSSR count). The lowest BCUT2D eigenvalue weighted by Gasteiger charge is -2.37. The summed E-state index contributed by atoms with van der Waals surface area (Å²) in [6, 6.07) is 5.27. The number of likely N-dealkylation sites (tertiary alicyclic amines) is 2. The number of benzene rings is 1. The molecule has 2 saturated heterocycles. The van der Waals surface area contributed by atoms with Gasteiger partial charge in [0.2, 0.25) is 5.91 Å². The maximum atomic E-state index is 12.8. The highest BCUT2D eigenvalue weighted by Gasteiger charge is 2.26. The molecule has 0 bridgehead atoms. The van der Waals surface area contributed by atoms with Gasteiger partial charge in [-0.1, -0.05) is 30.1 Å². The van der Waals surface area contributed by atoms with E-state index in [1.54, 1.807) is 18.3 Å². The molecule has 1 unspecified atom stereocenters. The highest BCUT2D eigenvalue weighted by Crippen LogP contribution is 2.31. The Bertz CT molecular complexity index is 893. The molecule has 5 nitrogen and oxygen atoms in total. The second kappa shape index (κ2) is 10.4. The van der Waals surface area contributed by atoms with Gasteiger partial charge in [-0.25, -0.2) is 4.98 Å². The Hall–Kier alpha value is -1.56. The van der Waals surface area contributed by atoms with Gasteiger partial charge >= 0.3 is 0 Å². The summed E-state index contributed by atoms with van der Waals surface area (Å²) < 4.78 is 5.84. The minimum Gasteiger partial charge on any atom is -0.441 e. The molecule has 0 spiro atoms. The van der Waals surface area contributed by atoms with Crippen molar-refractivity contribution in [1.82, 2.24) is 14.8 Å². The van der Waals surface area contributed by atoms with Crippen molar-refractivity contribution in [2.24, 2.45) is 11.8 Å². The van der Waals surface area contributed by atoms with Gasteiger partial charge in [-0.05, 0) is 68.8 Å². The number of oxazole rings is 1. The summed E-state index contributed by atoms with van der Waals surface area (Å²) in [5.74, 6) is 2.79. The van der Waals surface area contributed by atoms with E-state index in [1.165, 1.54) is 32.4 Å². The second-order valence-electron chi connectivity index (χ2n) is 9.07. The van der Waals surface area contributed by atoms with Crippen molar-refractivity contribution in [2.45, 2.75) is 45.4 Å². The first-order chi connectivity index (χ1) is 15.0. The molecule has 1 aromatic heterocycles. The molecular weight excluding hydrogens is 433 g/mol. The van der Waals surface area contributed by atoms with Crippen LogP contribution in [0.25, 0.3) is 11.3 Å². The number of piperidine rings is 2. The number of carbonyl (C=O) groups excluding carboxylic acids is 1. The Kier molecular flexibility index (Phi) is 7.57. The number of halogens is 2. The number of amides is 1. The van der Waals surface area contributed by atoms with Crippen LogP contribution in [0.4, 0.5) is 0 Å². The summed E-state index contributed by atoms with van der Waals surface area (Å²) in [4.78, 5) is 21.8. The lowest BCUT2D eigenvalue weighted by atomic mass is 9.94. The third kappa shape index (κ3) is 6.03. The summed E-state index contributed by atoms with van der Waals surface area (Å²) in [5, 5.41) is 1.10. The third-order valence-corrected chi connectivity index (χ3v) is 7.12. The first-order valence-corrected chi connectivity index (χ1v) is 12.1. The first kappa shape index (κ1) is 22.6. The van der Waals surface area contributed by atoms with Gasteiger partial charge in [0, 0.05) is 43.1 Å². The summed E-state index contributed by atoms with van der Waals surface area (Å²) >= 11 is 12.2. The van der Waals surface area contributed by atoms with Crippen molar-refractivity contribution in [3.05, 3.63) is 40.3 Å². The zero-order valence-electron chi connectivity index (χ0n) is 18.2. The van der Waals surface area contributed by atoms with Gasteiger partial charge in [0.1, 0.15) is 0 Å². The Morgan fingerprint density at radius 1 is 1.19 bits per heavy atom. The summed E-state index contributed by atoms with van der Waals surface area (Å²) in [6.45, 7) is 7.62. The number of rotatable bonds is 6. The monoisotopic (exact) mass is 463 g/mol. The summed E-state index contributed by atoms with van der Waals surface area (Å²) in [6.07, 6.45) is 7.49. The van der Waals surface area contributed by atoms with E-state index in [1.807, 2.05) is 11.0 Å². The molecule has 2 fully saturated rings. The van der Waals surface area contributed by atoms with Crippen LogP contribution >= 0.6 is 23.2 Å². The fraction of sp³-hybridized carbons (Fsp3) is 0.583. The predicted octanol–water partition coefficient (Wildman–Crippen LogP) is 5.55. The fourth-order valence-corrected chi connectivity index (χ4v) is 5.16. The van der Waals surface area contributed by atoms with Crippen molar-refractivity contribution in [2.75, 3.05) is 32.7 Å². The van der Waals surface area contributed by atoms with Gasteiger partial charge in [0.25, 0.3) is 0 Å². The van der Waals surface area contributed by atoms with Gasteiger partial charge in [0.05, 0.1) is 11.2 Å². The lowest BCUT2D eigenvalue weighted by molar-refractivity contribution is -0.133. The standard InChI is InChI=1S/C24H31Cl2N3O2/c1-17-8-11-28(12-9-17)15-18-3-2-10-29(16-18)24(30)7-6-23-27-14-22(31-23)20-5-4-19(25)13-21(20)26/h4-5,13-14,17-18H,2-3,6-12,15-16H2,1H3. The number of carbonyl (C=O) groups is 1. The molecule has 0 radical (unpaired) electrons. The van der Waals surface area contributed by atoms with Crippen LogP contribution < -0.4 is 0 Å². The Morgan fingerprint density at radius 2 is 2.00 bits per heavy atom. The smallest absolute Gasteiger partial charge is 0.223 e. The quantitative estimate of drug-likeness (QED) is 0.563. The van der Waals surface area contributed by atoms with Crippen molar-refractivity contribution in [3.8, 4) is 11.3 Å². The van der Waals surface area contributed by atoms with Crippen LogP contribution in [0.1, 0.15) is 44.9 Å². The highest BCUT2D eigenvalue weighted by molar-refractivity contribution is 6.36. The van der Waals surface area contributed by atoms with Crippen molar-refractivity contribution in [3.63, 3.8) is 0 Å². The van der Waals surface area contributed by atoms with Crippen LogP contribution in [0.3, 0.4) is 0 Å². The third-order valence-electron chi connectivity index (χ3n) is 6.57. The normalized spacial score (nSPS) is 20.9. The van der Waals surface area contributed by atoms with Gasteiger partial charge in [-0.2, -0.15) is 0 Å². The van der Waals surface area contributed by atoms with E-state index in [-0.39, 0.29) is 5.91 Å². The van der Waals surface area contributed by atoms with Crippen LogP contribution in [-0.4, -0.2) is 53.4 Å². The lowest BCUT2D eigenvalue weighted by Crippen LogP contribution is -2.45. The maximum absolute atomic E-state index is 12.8. The maximum Gasteiger partial charge on any atom is 0.223 e. The number of hydrogen-bond acceptors (Lipinski definition) is 4. The number of nitrogens with zero attached hydrogens (tertiary/aromatic N) is 3. The zero-order valence-corrected chi connectivity index (χ0v) is 19.7. The number of aryl methyl sites for hydroxylation is 1. The van der Waals surface area contributed by atoms with Gasteiger partial charge in [-0.15, -0.1) is 0 Å². The van der Waals surface area contributed by atoms with Crippen molar-refractivity contribution in [1.29, 1.82) is 0 Å². The molecule has 168 valence electrons. The molecule has 0 saturated carbocycles. The van der Waals surface area contributed by atoms with E-state index in [2.05, 4.69) is 16.8 Å². The highest BCUT2D eigenvalue weighted by atomic mass is 35.5. The molecule has 31 heavy (non-hydrogen) atoms. The Labute approximate surface area is 194 Å². The molecule has 7 heteroatoms. The van der Waals surface area contributed by atoms with E-state index in [4.69, 9.17) is 27.6 Å². The van der Waals surface area contributed by atoms with Crippen molar-refractivity contribution >= 4 is 29.1 Å². The van der Waals surface area contributed by atoms with E-state index < -0.39 is 0 Å². The SMILES string of the molecule is CC1CCN(CC2CCCN(C(=O)CCc3ncc(-c4ccc(Cl)cc4Cl)o3)C2)CC1. The molecule has 2 aliphatic heterocycles. The number of aromatic nitrogens is 1. The van der Waals surface area contributed by atoms with E-state index in [9.17, 15) is 4.79 Å². The van der Waals surface area contributed by atoms with Crippen LogP contribution in [0.15, 0.2) is 28.8 Å². The van der Waals surface area contributed by atoms with E-state index >= 15 is 0 Å². The summed E-state index contributed by atoms with van der Waals surface area (Å²) in [7, 11) is 0. The fourth-order valence-electron chi connectivity index (χ4n) is 4.66. The molecule has 1 atom stereocenters. The van der Waals surface area contributed by atoms with Gasteiger partial charge < -0.3 is 14.2 Å². The molecule has 0 N–H and O–H groups in total. The zero-order chi connectivity index (χ0) is 21.8. The molecule has 2 aromatic rings. The van der Waals surface area contributed by atoms with Crippen LogP contribution in [-0.2, 0) is 11.2 Å². The van der Waals surface area contributed by atoms with Gasteiger partial charge in [-0.3, -0.25) is 4.79 Å². The number of hydrogen-bond donors (Lipinski definition) is 0. The van der Waals surface area contributed by atoms with E-state index in [0.717, 1.165) is 37.5 Å². The van der Waals surface area contributed by atoms with Crippen LogP contribution in [0, 0.1) is 11.8 Å². The van der Waals surface area contributed by atoms with Crippen molar-refractivity contribution < 1.29 is 9.21 Å². The molecule has 1 aromatic carbocycles. The molecule has 3 heterocycles. The average molecular weight is 464 g/mol. The van der Waals surface area contributed by atoms with E-state index in [0.29, 0.717) is 40.5 Å². The van der Waals surface area contributed by atoms with Gasteiger partial charge in [0.15, 0.2) is 11.7 Å².